The second-order valence-electron chi connectivity index (χ2n) is 8.87. The van der Waals surface area contributed by atoms with E-state index in [9.17, 15) is 4.79 Å². The van der Waals surface area contributed by atoms with Crippen LogP contribution in [0.2, 0.25) is 0 Å². The van der Waals surface area contributed by atoms with Gasteiger partial charge in [-0.3, -0.25) is 4.79 Å². The van der Waals surface area contributed by atoms with Crippen molar-refractivity contribution in [1.82, 2.24) is 9.97 Å². The van der Waals surface area contributed by atoms with Gasteiger partial charge >= 0.3 is 0 Å². The van der Waals surface area contributed by atoms with Gasteiger partial charge in [-0.05, 0) is 55.0 Å². The molecule has 1 heterocycles. The van der Waals surface area contributed by atoms with E-state index in [-0.39, 0.29) is 5.91 Å². The third-order valence-corrected chi connectivity index (χ3v) is 6.41. The van der Waals surface area contributed by atoms with Crippen LogP contribution in [-0.2, 0) is 17.6 Å². The molecule has 0 unspecified atom stereocenters. The first-order chi connectivity index (χ1) is 16.2. The third-order valence-electron chi connectivity index (χ3n) is 6.41. The summed E-state index contributed by atoms with van der Waals surface area (Å²) in [5.41, 5.74) is 3.97. The van der Waals surface area contributed by atoms with Crippen molar-refractivity contribution >= 4 is 11.7 Å². The second kappa shape index (κ2) is 11.6. The molecular formula is C28H33N3O2. The Balaban J connectivity index is 1.46. The van der Waals surface area contributed by atoms with E-state index >= 15 is 0 Å². The number of benzene rings is 2. The van der Waals surface area contributed by atoms with E-state index in [4.69, 9.17) is 9.72 Å². The molecule has 2 aromatic carbocycles. The van der Waals surface area contributed by atoms with Crippen LogP contribution < -0.4 is 10.1 Å². The molecule has 1 N–H and O–H groups in total. The maximum atomic E-state index is 12.7. The normalized spacial score (nSPS) is 14.1. The van der Waals surface area contributed by atoms with Crippen molar-refractivity contribution in [2.24, 2.45) is 5.92 Å². The number of rotatable bonds is 9. The Morgan fingerprint density at radius 2 is 1.79 bits per heavy atom. The third kappa shape index (κ3) is 6.64. The van der Waals surface area contributed by atoms with Crippen molar-refractivity contribution in [2.75, 3.05) is 12.4 Å². The molecule has 1 amide bonds. The van der Waals surface area contributed by atoms with Crippen molar-refractivity contribution in [3.8, 4) is 17.0 Å². The van der Waals surface area contributed by atoms with Crippen LogP contribution in [0.1, 0.15) is 56.2 Å². The summed E-state index contributed by atoms with van der Waals surface area (Å²) in [7, 11) is 1.66. The summed E-state index contributed by atoms with van der Waals surface area (Å²) >= 11 is 0. The fourth-order valence-electron chi connectivity index (χ4n) is 4.53. The van der Waals surface area contributed by atoms with E-state index in [1.807, 2.05) is 42.5 Å². The van der Waals surface area contributed by atoms with Crippen LogP contribution in [0.15, 0.2) is 60.8 Å². The lowest BCUT2D eigenvalue weighted by molar-refractivity contribution is -0.116. The summed E-state index contributed by atoms with van der Waals surface area (Å²) in [6, 6.07) is 18.1. The van der Waals surface area contributed by atoms with Gasteiger partial charge in [0.2, 0.25) is 5.91 Å². The van der Waals surface area contributed by atoms with Gasteiger partial charge < -0.3 is 10.1 Å². The number of nitrogens with zero attached hydrogens (tertiary/aromatic N) is 2. The number of aryl methyl sites for hydroxylation is 1. The molecule has 0 radical (unpaired) electrons. The number of hydrogen-bond donors (Lipinski definition) is 1. The van der Waals surface area contributed by atoms with Crippen LogP contribution in [0, 0.1) is 5.92 Å². The van der Waals surface area contributed by atoms with Crippen molar-refractivity contribution in [3.63, 3.8) is 0 Å². The number of anilines is 1. The van der Waals surface area contributed by atoms with Crippen LogP contribution in [0.25, 0.3) is 11.3 Å². The van der Waals surface area contributed by atoms with Crippen molar-refractivity contribution in [3.05, 3.63) is 72.1 Å². The molecule has 1 aliphatic carbocycles. The molecule has 0 aliphatic heterocycles. The number of carbonyl (C=O) groups excluding carboxylic acids is 1. The number of carbonyl (C=O) groups is 1. The van der Waals surface area contributed by atoms with Crippen LogP contribution in [0.5, 0.6) is 5.75 Å². The van der Waals surface area contributed by atoms with E-state index in [0.717, 1.165) is 42.0 Å². The van der Waals surface area contributed by atoms with Crippen LogP contribution in [0.3, 0.4) is 0 Å². The molecular weight excluding hydrogens is 410 g/mol. The molecule has 3 aromatic rings. The van der Waals surface area contributed by atoms with Gasteiger partial charge in [0, 0.05) is 12.0 Å². The van der Waals surface area contributed by atoms with Crippen LogP contribution in [0.4, 0.5) is 5.82 Å². The molecule has 33 heavy (non-hydrogen) atoms. The summed E-state index contributed by atoms with van der Waals surface area (Å²) in [6.45, 7) is 0. The van der Waals surface area contributed by atoms with E-state index in [1.54, 1.807) is 13.3 Å². The largest absolute Gasteiger partial charge is 0.497 e. The first kappa shape index (κ1) is 23.0. The fourth-order valence-corrected chi connectivity index (χ4v) is 4.53. The zero-order chi connectivity index (χ0) is 22.9. The SMILES string of the molecule is COc1ccc(-c2cnc(NC(=O)CCCc3ccccc3)c(CC3CCCCC3)n2)cc1. The van der Waals surface area contributed by atoms with Gasteiger partial charge in [-0.25, -0.2) is 9.97 Å². The van der Waals surface area contributed by atoms with Crippen molar-refractivity contribution in [2.45, 2.75) is 57.8 Å². The second-order valence-corrected chi connectivity index (χ2v) is 8.87. The number of ether oxygens (including phenoxy) is 1. The number of aromatic nitrogens is 2. The molecule has 5 nitrogen and oxygen atoms in total. The Hall–Kier alpha value is -3.21. The molecule has 172 valence electrons. The minimum atomic E-state index is 0.00215. The summed E-state index contributed by atoms with van der Waals surface area (Å²) < 4.78 is 5.27. The summed E-state index contributed by atoms with van der Waals surface area (Å²) in [4.78, 5) is 22.3. The highest BCUT2D eigenvalue weighted by atomic mass is 16.5. The Morgan fingerprint density at radius 1 is 1.03 bits per heavy atom. The fraction of sp³-hybridized carbons (Fsp3) is 0.393. The quantitative estimate of drug-likeness (QED) is 0.425. The average molecular weight is 444 g/mol. The molecule has 5 heteroatoms. The van der Waals surface area contributed by atoms with E-state index in [2.05, 4.69) is 22.4 Å². The van der Waals surface area contributed by atoms with Crippen LogP contribution >= 0.6 is 0 Å². The predicted molar refractivity (Wildman–Crippen MR) is 132 cm³/mol. The standard InChI is InChI=1S/C28H33N3O2/c1-33-24-17-15-23(16-18-24)26-20-29-28(25(30-26)19-22-11-6-3-7-12-22)31-27(32)14-8-13-21-9-4-2-5-10-21/h2,4-5,9-10,15-18,20,22H,3,6-8,11-14,19H2,1H3,(H,29,31,32). The molecule has 0 spiro atoms. The number of amides is 1. The van der Waals surface area contributed by atoms with E-state index in [0.29, 0.717) is 18.2 Å². The van der Waals surface area contributed by atoms with Gasteiger partial charge in [0.25, 0.3) is 0 Å². The van der Waals surface area contributed by atoms with Gasteiger partial charge in [-0.1, -0.05) is 62.4 Å². The van der Waals surface area contributed by atoms with E-state index in [1.165, 1.54) is 37.7 Å². The lowest BCUT2D eigenvalue weighted by Gasteiger charge is -2.22. The van der Waals surface area contributed by atoms with E-state index < -0.39 is 0 Å². The number of nitrogens with one attached hydrogen (secondary N) is 1. The Kier molecular flexibility index (Phi) is 8.07. The first-order valence-corrected chi connectivity index (χ1v) is 12.1. The smallest absolute Gasteiger partial charge is 0.225 e. The minimum Gasteiger partial charge on any atom is -0.497 e. The zero-order valence-electron chi connectivity index (χ0n) is 19.4. The average Bonchev–Trinajstić information content (AvgIpc) is 2.86. The molecule has 4 rings (SSSR count). The number of hydrogen-bond acceptors (Lipinski definition) is 4. The summed E-state index contributed by atoms with van der Waals surface area (Å²) in [5, 5.41) is 3.05. The highest BCUT2D eigenvalue weighted by molar-refractivity contribution is 5.90. The molecule has 0 saturated heterocycles. The highest BCUT2D eigenvalue weighted by Crippen LogP contribution is 2.29. The molecule has 1 fully saturated rings. The topological polar surface area (TPSA) is 64.1 Å². The monoisotopic (exact) mass is 443 g/mol. The predicted octanol–water partition coefficient (Wildman–Crippen LogP) is 6.24. The van der Waals surface area contributed by atoms with Crippen molar-refractivity contribution < 1.29 is 9.53 Å². The maximum absolute atomic E-state index is 12.7. The summed E-state index contributed by atoms with van der Waals surface area (Å²) in [6.07, 6.45) is 11.1. The number of methoxy groups -OCH3 is 1. The van der Waals surface area contributed by atoms with Crippen molar-refractivity contribution in [1.29, 1.82) is 0 Å². The minimum absolute atomic E-state index is 0.00215. The maximum Gasteiger partial charge on any atom is 0.225 e. The summed E-state index contributed by atoms with van der Waals surface area (Å²) in [5.74, 6) is 2.03. The van der Waals surface area contributed by atoms with Gasteiger partial charge in [0.15, 0.2) is 5.82 Å². The molecule has 1 aromatic heterocycles. The molecule has 1 aliphatic rings. The Labute approximate surface area is 196 Å². The Morgan fingerprint density at radius 3 is 2.52 bits per heavy atom. The molecule has 0 bridgehead atoms. The van der Waals surface area contributed by atoms with Crippen LogP contribution in [-0.4, -0.2) is 23.0 Å². The van der Waals surface area contributed by atoms with Gasteiger partial charge in [-0.2, -0.15) is 0 Å². The highest BCUT2D eigenvalue weighted by Gasteiger charge is 2.19. The van der Waals surface area contributed by atoms with Gasteiger partial charge in [-0.15, -0.1) is 0 Å². The lowest BCUT2D eigenvalue weighted by Crippen LogP contribution is -2.18. The van der Waals surface area contributed by atoms with Gasteiger partial charge in [0.05, 0.1) is 24.7 Å². The zero-order valence-corrected chi connectivity index (χ0v) is 19.4. The molecule has 1 saturated carbocycles. The van der Waals surface area contributed by atoms with Gasteiger partial charge in [0.1, 0.15) is 5.75 Å². The molecule has 0 atom stereocenters. The lowest BCUT2D eigenvalue weighted by atomic mass is 9.86. The Bertz CT molecular complexity index is 1030. The first-order valence-electron chi connectivity index (χ1n) is 12.1.